The van der Waals surface area contributed by atoms with Gasteiger partial charge in [-0.3, -0.25) is 4.98 Å². The van der Waals surface area contributed by atoms with Crippen molar-refractivity contribution in [2.75, 3.05) is 0 Å². The predicted octanol–water partition coefficient (Wildman–Crippen LogP) is 4.16. The molecule has 1 aliphatic carbocycles. The lowest BCUT2D eigenvalue weighted by atomic mass is 9.93. The number of hydrogen-bond acceptors (Lipinski definition) is 1. The third-order valence-corrected chi connectivity index (χ3v) is 3.35. The normalized spacial score (nSPS) is 16.2. The fourth-order valence-electron chi connectivity index (χ4n) is 2.45. The molecule has 1 unspecified atom stereocenters. The van der Waals surface area contributed by atoms with E-state index in [2.05, 4.69) is 54.4 Å². The summed E-state index contributed by atoms with van der Waals surface area (Å²) in [6, 6.07) is 10.9. The predicted molar refractivity (Wildman–Crippen MR) is 78.1 cm³/mol. The van der Waals surface area contributed by atoms with Gasteiger partial charge in [0.15, 0.2) is 0 Å². The molecular formula is C16H16ClN. The number of nitrogens with zero attached hydrogens (tertiary/aromatic N) is 1. The summed E-state index contributed by atoms with van der Waals surface area (Å²) in [5, 5.41) is 0. The standard InChI is InChI=1S/C16H15N.ClH/c1-12-2-5-16-14(10-12)3-4-15(16)11-13-6-8-17-9-7-13;/h2-10,15H,11H2,1H3;1H. The summed E-state index contributed by atoms with van der Waals surface area (Å²) >= 11 is 0. The Bertz CT molecular complexity index is 561. The molecule has 92 valence electrons. The lowest BCUT2D eigenvalue weighted by molar-refractivity contribution is 0.847. The molecule has 1 aromatic carbocycles. The molecule has 18 heavy (non-hydrogen) atoms. The Morgan fingerprint density at radius 3 is 2.67 bits per heavy atom. The highest BCUT2D eigenvalue weighted by molar-refractivity contribution is 5.85. The number of halogens is 1. The van der Waals surface area contributed by atoms with E-state index in [1.807, 2.05) is 12.4 Å². The summed E-state index contributed by atoms with van der Waals surface area (Å²) < 4.78 is 0. The van der Waals surface area contributed by atoms with E-state index in [9.17, 15) is 0 Å². The van der Waals surface area contributed by atoms with Crippen molar-refractivity contribution in [2.24, 2.45) is 0 Å². The van der Waals surface area contributed by atoms with Crippen molar-refractivity contribution in [1.29, 1.82) is 0 Å². The number of aryl methyl sites for hydroxylation is 1. The van der Waals surface area contributed by atoms with Gasteiger partial charge in [0.1, 0.15) is 0 Å². The fourth-order valence-corrected chi connectivity index (χ4v) is 2.45. The van der Waals surface area contributed by atoms with Gasteiger partial charge in [-0.05, 0) is 42.2 Å². The van der Waals surface area contributed by atoms with E-state index in [-0.39, 0.29) is 12.4 Å². The number of hydrogen-bond donors (Lipinski definition) is 0. The van der Waals surface area contributed by atoms with Crippen LogP contribution in [0.15, 0.2) is 48.8 Å². The number of benzene rings is 1. The van der Waals surface area contributed by atoms with Crippen molar-refractivity contribution in [3.8, 4) is 0 Å². The molecule has 1 nitrogen and oxygen atoms in total. The summed E-state index contributed by atoms with van der Waals surface area (Å²) in [5.41, 5.74) is 5.51. The summed E-state index contributed by atoms with van der Waals surface area (Å²) in [5.74, 6) is 0.521. The molecule has 0 amide bonds. The van der Waals surface area contributed by atoms with Crippen LogP contribution in [0.5, 0.6) is 0 Å². The van der Waals surface area contributed by atoms with E-state index in [1.54, 1.807) is 0 Å². The first-order chi connectivity index (χ1) is 8.33. The summed E-state index contributed by atoms with van der Waals surface area (Å²) in [4.78, 5) is 4.06. The van der Waals surface area contributed by atoms with Crippen molar-refractivity contribution in [3.63, 3.8) is 0 Å². The van der Waals surface area contributed by atoms with Crippen LogP contribution in [-0.2, 0) is 6.42 Å². The van der Waals surface area contributed by atoms with Gasteiger partial charge >= 0.3 is 0 Å². The summed E-state index contributed by atoms with van der Waals surface area (Å²) in [6.07, 6.45) is 9.35. The molecule has 1 aromatic heterocycles. The van der Waals surface area contributed by atoms with Gasteiger partial charge in [0.2, 0.25) is 0 Å². The fraction of sp³-hybridized carbons (Fsp3) is 0.188. The maximum absolute atomic E-state index is 4.06. The molecule has 0 N–H and O–H groups in total. The number of fused-ring (bicyclic) bond motifs is 1. The minimum absolute atomic E-state index is 0. The smallest absolute Gasteiger partial charge is 0.0270 e. The molecule has 0 aliphatic heterocycles. The van der Waals surface area contributed by atoms with Gasteiger partial charge in [-0.2, -0.15) is 0 Å². The summed E-state index contributed by atoms with van der Waals surface area (Å²) in [6.45, 7) is 2.14. The van der Waals surface area contributed by atoms with E-state index >= 15 is 0 Å². The van der Waals surface area contributed by atoms with Crippen molar-refractivity contribution >= 4 is 18.5 Å². The Morgan fingerprint density at radius 2 is 1.89 bits per heavy atom. The quantitative estimate of drug-likeness (QED) is 0.787. The first-order valence-corrected chi connectivity index (χ1v) is 6.00. The lowest BCUT2D eigenvalue weighted by Gasteiger charge is -2.11. The van der Waals surface area contributed by atoms with E-state index in [1.165, 1.54) is 22.3 Å². The van der Waals surface area contributed by atoms with Crippen molar-refractivity contribution in [1.82, 2.24) is 4.98 Å². The first-order valence-electron chi connectivity index (χ1n) is 6.00. The molecule has 1 aliphatic rings. The van der Waals surface area contributed by atoms with Crippen molar-refractivity contribution in [3.05, 3.63) is 71.1 Å². The van der Waals surface area contributed by atoms with Crippen LogP contribution < -0.4 is 0 Å². The van der Waals surface area contributed by atoms with Gasteiger partial charge in [-0.15, -0.1) is 12.4 Å². The Kier molecular flexibility index (Phi) is 3.83. The highest BCUT2D eigenvalue weighted by atomic mass is 35.5. The highest BCUT2D eigenvalue weighted by Crippen LogP contribution is 2.32. The maximum Gasteiger partial charge on any atom is 0.0270 e. The topological polar surface area (TPSA) is 12.9 Å². The Hall–Kier alpha value is -1.60. The molecule has 0 saturated heterocycles. The number of aromatic nitrogens is 1. The second-order valence-corrected chi connectivity index (χ2v) is 4.66. The number of allylic oxidation sites excluding steroid dienone is 1. The molecule has 2 heteroatoms. The third-order valence-electron chi connectivity index (χ3n) is 3.35. The molecule has 2 aromatic rings. The maximum atomic E-state index is 4.06. The largest absolute Gasteiger partial charge is 0.265 e. The minimum Gasteiger partial charge on any atom is -0.265 e. The monoisotopic (exact) mass is 257 g/mol. The average Bonchev–Trinajstić information content (AvgIpc) is 2.73. The highest BCUT2D eigenvalue weighted by Gasteiger charge is 2.17. The minimum atomic E-state index is 0. The second kappa shape index (κ2) is 5.36. The van der Waals surface area contributed by atoms with Gasteiger partial charge < -0.3 is 0 Å². The number of rotatable bonds is 2. The van der Waals surface area contributed by atoms with Crippen LogP contribution >= 0.6 is 12.4 Å². The van der Waals surface area contributed by atoms with Gasteiger partial charge in [0.25, 0.3) is 0 Å². The van der Waals surface area contributed by atoms with E-state index in [0.717, 1.165) is 6.42 Å². The average molecular weight is 258 g/mol. The summed E-state index contributed by atoms with van der Waals surface area (Å²) in [7, 11) is 0. The molecule has 0 fully saturated rings. The van der Waals surface area contributed by atoms with Crippen LogP contribution in [0, 0.1) is 6.92 Å². The molecular weight excluding hydrogens is 242 g/mol. The number of pyridine rings is 1. The molecule has 0 radical (unpaired) electrons. The van der Waals surface area contributed by atoms with E-state index in [4.69, 9.17) is 0 Å². The van der Waals surface area contributed by atoms with Crippen LogP contribution in [0.2, 0.25) is 0 Å². The molecule has 0 bridgehead atoms. The zero-order valence-corrected chi connectivity index (χ0v) is 11.2. The van der Waals surface area contributed by atoms with Crippen LogP contribution in [0.25, 0.3) is 6.08 Å². The lowest BCUT2D eigenvalue weighted by Crippen LogP contribution is -1.98. The molecule has 1 heterocycles. The van der Waals surface area contributed by atoms with Crippen LogP contribution in [0.3, 0.4) is 0 Å². The van der Waals surface area contributed by atoms with Crippen LogP contribution in [-0.4, -0.2) is 4.98 Å². The second-order valence-electron chi connectivity index (χ2n) is 4.66. The third kappa shape index (κ3) is 2.46. The Morgan fingerprint density at radius 1 is 1.11 bits per heavy atom. The van der Waals surface area contributed by atoms with Gasteiger partial charge in [0.05, 0.1) is 0 Å². The molecule has 0 spiro atoms. The van der Waals surface area contributed by atoms with E-state index < -0.39 is 0 Å². The zero-order chi connectivity index (χ0) is 11.7. The Balaban J connectivity index is 0.00000120. The van der Waals surface area contributed by atoms with Crippen molar-refractivity contribution in [2.45, 2.75) is 19.3 Å². The molecule has 3 rings (SSSR count). The van der Waals surface area contributed by atoms with E-state index in [0.29, 0.717) is 5.92 Å². The zero-order valence-electron chi connectivity index (χ0n) is 10.3. The first kappa shape index (κ1) is 12.8. The molecule has 1 atom stereocenters. The Labute approximate surface area is 114 Å². The van der Waals surface area contributed by atoms with Crippen LogP contribution in [0.1, 0.15) is 28.2 Å². The van der Waals surface area contributed by atoms with Gasteiger partial charge in [-0.1, -0.05) is 35.9 Å². The molecule has 0 saturated carbocycles. The van der Waals surface area contributed by atoms with Gasteiger partial charge in [0, 0.05) is 18.3 Å². The SMILES string of the molecule is Cc1ccc2c(c1)C=CC2Cc1ccncc1.Cl. The van der Waals surface area contributed by atoms with Gasteiger partial charge in [-0.25, -0.2) is 0 Å². The van der Waals surface area contributed by atoms with Crippen LogP contribution in [0.4, 0.5) is 0 Å². The van der Waals surface area contributed by atoms with Crippen molar-refractivity contribution < 1.29 is 0 Å².